The highest BCUT2D eigenvalue weighted by Gasteiger charge is 2.47. The van der Waals surface area contributed by atoms with Gasteiger partial charge in [0.15, 0.2) is 11.6 Å². The summed E-state index contributed by atoms with van der Waals surface area (Å²) in [4.78, 5) is 20.6. The van der Waals surface area contributed by atoms with Crippen LogP contribution in [0.1, 0.15) is 94.1 Å². The topological polar surface area (TPSA) is 77.9 Å². The molecule has 11 heteroatoms. The number of hydrogen-bond donors (Lipinski definition) is 2. The van der Waals surface area contributed by atoms with Crippen LogP contribution in [0.15, 0.2) is 24.3 Å². The number of halogens is 4. The lowest BCUT2D eigenvalue weighted by molar-refractivity contribution is -0.155. The molecule has 45 heavy (non-hydrogen) atoms. The van der Waals surface area contributed by atoms with Gasteiger partial charge in [-0.05, 0) is 99.2 Å². The number of pyridine rings is 1. The lowest BCUT2D eigenvalue weighted by atomic mass is 9.81. The number of carbonyl (C=O) groups is 1. The van der Waals surface area contributed by atoms with Crippen LogP contribution in [0.25, 0.3) is 0 Å². The number of aromatic nitrogens is 1. The van der Waals surface area contributed by atoms with Crippen molar-refractivity contribution in [1.29, 1.82) is 0 Å². The number of likely N-dealkylation sites (tertiary alicyclic amines) is 1. The Kier molecular flexibility index (Phi) is 11.4. The summed E-state index contributed by atoms with van der Waals surface area (Å²) in [6.45, 7) is 8.33. The van der Waals surface area contributed by atoms with E-state index < -0.39 is 42.0 Å². The minimum absolute atomic E-state index is 0.0374. The Morgan fingerprint density at radius 2 is 1.96 bits per heavy atom. The van der Waals surface area contributed by atoms with Crippen molar-refractivity contribution in [3.05, 3.63) is 52.5 Å². The molecule has 3 atom stereocenters. The summed E-state index contributed by atoms with van der Waals surface area (Å²) in [6, 6.07) is 5.54. The van der Waals surface area contributed by atoms with Crippen LogP contribution >= 0.6 is 0 Å². The van der Waals surface area contributed by atoms with Gasteiger partial charge in [0.2, 0.25) is 0 Å². The number of carboxylic acid groups (broad SMARTS) is 1. The van der Waals surface area contributed by atoms with E-state index in [2.05, 4.69) is 11.4 Å². The maximum absolute atomic E-state index is 15.0. The lowest BCUT2D eigenvalue weighted by Gasteiger charge is -2.41. The number of nitrogens with one attached hydrogen (secondary N) is 1. The van der Waals surface area contributed by atoms with E-state index >= 15 is 4.39 Å². The Hall–Kier alpha value is -2.92. The Morgan fingerprint density at radius 3 is 2.62 bits per heavy atom. The second-order valence-electron chi connectivity index (χ2n) is 13.3. The molecular formula is C34H48F4N4O3. The van der Waals surface area contributed by atoms with Crippen LogP contribution in [0.3, 0.4) is 0 Å². The minimum atomic E-state index is -4.37. The Labute approximate surface area is 264 Å². The number of aliphatic carboxylic acids is 1. The first-order valence-corrected chi connectivity index (χ1v) is 16.1. The molecular weight excluding hydrogens is 588 g/mol. The van der Waals surface area contributed by atoms with Crippen molar-refractivity contribution in [1.82, 2.24) is 14.8 Å². The van der Waals surface area contributed by atoms with Crippen LogP contribution in [0.5, 0.6) is 5.75 Å². The number of aryl methyl sites for hydroxylation is 2. The maximum atomic E-state index is 15.0. The molecule has 3 heterocycles. The van der Waals surface area contributed by atoms with E-state index in [0.29, 0.717) is 24.9 Å². The van der Waals surface area contributed by atoms with Gasteiger partial charge in [0.1, 0.15) is 11.9 Å². The summed E-state index contributed by atoms with van der Waals surface area (Å²) >= 11 is 0. The molecule has 0 bridgehead atoms. The highest BCUT2D eigenvalue weighted by Crippen LogP contribution is 2.43. The first-order valence-electron chi connectivity index (χ1n) is 16.1. The maximum Gasteiger partial charge on any atom is 0.401 e. The quantitative estimate of drug-likeness (QED) is 0.168. The second kappa shape index (κ2) is 14.7. The summed E-state index contributed by atoms with van der Waals surface area (Å²) in [5.74, 6) is -0.986. The van der Waals surface area contributed by atoms with Crippen LogP contribution in [-0.4, -0.2) is 77.9 Å². The van der Waals surface area contributed by atoms with Crippen LogP contribution in [-0.2, 0) is 17.6 Å². The highest BCUT2D eigenvalue weighted by molar-refractivity contribution is 5.77. The number of carboxylic acids is 1. The third kappa shape index (κ3) is 8.67. The van der Waals surface area contributed by atoms with E-state index in [9.17, 15) is 23.1 Å². The zero-order valence-electron chi connectivity index (χ0n) is 27.1. The molecule has 250 valence electrons. The van der Waals surface area contributed by atoms with Crippen LogP contribution in [0.4, 0.5) is 23.4 Å². The van der Waals surface area contributed by atoms with E-state index in [-0.39, 0.29) is 30.3 Å². The molecule has 1 aromatic heterocycles. The smallest absolute Gasteiger partial charge is 0.401 e. The zero-order chi connectivity index (χ0) is 32.9. The average Bonchev–Trinajstić information content (AvgIpc) is 3.37. The van der Waals surface area contributed by atoms with Crippen LogP contribution in [0, 0.1) is 11.2 Å². The van der Waals surface area contributed by atoms with Crippen molar-refractivity contribution in [3.8, 4) is 5.75 Å². The Morgan fingerprint density at radius 1 is 1.20 bits per heavy atom. The van der Waals surface area contributed by atoms with Crippen LogP contribution < -0.4 is 10.1 Å². The molecule has 7 nitrogen and oxygen atoms in total. The highest BCUT2D eigenvalue weighted by atomic mass is 19.4. The zero-order valence-corrected chi connectivity index (χ0v) is 27.1. The molecule has 2 N–H and O–H groups in total. The molecule has 0 aliphatic carbocycles. The van der Waals surface area contributed by atoms with Gasteiger partial charge in [-0.2, -0.15) is 13.2 Å². The molecule has 0 amide bonds. The van der Waals surface area contributed by atoms with Gasteiger partial charge in [-0.15, -0.1) is 0 Å². The molecule has 2 aromatic rings. The number of rotatable bonds is 14. The van der Waals surface area contributed by atoms with E-state index in [1.54, 1.807) is 11.0 Å². The Balaban J connectivity index is 1.43. The van der Waals surface area contributed by atoms with Gasteiger partial charge in [-0.1, -0.05) is 33.3 Å². The van der Waals surface area contributed by atoms with Crippen LogP contribution in [0.2, 0.25) is 0 Å². The molecule has 1 fully saturated rings. The number of methoxy groups -OCH3 is 1. The first-order chi connectivity index (χ1) is 21.2. The molecule has 2 unspecified atom stereocenters. The summed E-state index contributed by atoms with van der Waals surface area (Å²) < 4.78 is 61.6. The molecule has 0 spiro atoms. The van der Waals surface area contributed by atoms with Crippen molar-refractivity contribution in [3.63, 3.8) is 0 Å². The van der Waals surface area contributed by atoms with Crippen molar-refractivity contribution < 1.29 is 32.2 Å². The number of alkyl halides is 3. The molecule has 2 aliphatic rings. The lowest BCUT2D eigenvalue weighted by Crippen LogP contribution is -2.50. The van der Waals surface area contributed by atoms with Gasteiger partial charge in [0.25, 0.3) is 0 Å². The SMILES string of the molecule is COc1c(F)cc(C(C)C)cc1C(C(=O)O)N1CC[C@@](C)(C(C)N(CCCCCc2ccc3c(n2)NCCC3)CC(F)(F)F)C1. The van der Waals surface area contributed by atoms with E-state index in [1.807, 2.05) is 33.8 Å². The summed E-state index contributed by atoms with van der Waals surface area (Å²) in [7, 11) is 1.31. The number of hydrogen-bond acceptors (Lipinski definition) is 6. The molecule has 0 saturated carbocycles. The number of nitrogens with zero attached hydrogens (tertiary/aromatic N) is 3. The standard InChI is InChI=1S/C34H48F4N4O3/c1-22(2)25-18-27(30(45-5)28(35)19-25)29(32(43)44)42-17-14-33(4,20-42)23(3)41(21-34(36,37)38)16-8-6-7-11-26-13-12-24-10-9-15-39-31(24)40-26/h12-13,18-19,22-23,29H,6-11,14-17,20-21H2,1-5H3,(H,39,40)(H,43,44)/t23?,29?,33-/m1/s1. The van der Waals surface area contributed by atoms with Gasteiger partial charge in [0.05, 0.1) is 13.7 Å². The van der Waals surface area contributed by atoms with Gasteiger partial charge in [0, 0.05) is 30.4 Å². The summed E-state index contributed by atoms with van der Waals surface area (Å²) in [6.07, 6.45) is 1.25. The van der Waals surface area contributed by atoms with E-state index in [0.717, 1.165) is 50.2 Å². The molecule has 1 aromatic carbocycles. The third-order valence-corrected chi connectivity index (χ3v) is 9.66. The average molecular weight is 637 g/mol. The molecule has 1 saturated heterocycles. The summed E-state index contributed by atoms with van der Waals surface area (Å²) in [5.41, 5.74) is 2.49. The number of benzene rings is 1. The fourth-order valence-electron chi connectivity index (χ4n) is 6.84. The first kappa shape index (κ1) is 34.9. The normalized spacial score (nSPS) is 20.2. The fraction of sp³-hybridized carbons (Fsp3) is 0.647. The van der Waals surface area contributed by atoms with E-state index in [4.69, 9.17) is 9.72 Å². The van der Waals surface area contributed by atoms with Crippen molar-refractivity contribution in [2.24, 2.45) is 5.41 Å². The van der Waals surface area contributed by atoms with Gasteiger partial charge in [-0.3, -0.25) is 14.6 Å². The van der Waals surface area contributed by atoms with Gasteiger partial charge in [-0.25, -0.2) is 9.37 Å². The number of fused-ring (bicyclic) bond motifs is 1. The van der Waals surface area contributed by atoms with E-state index in [1.165, 1.54) is 23.6 Å². The van der Waals surface area contributed by atoms with Gasteiger partial charge >= 0.3 is 12.1 Å². The van der Waals surface area contributed by atoms with Crippen molar-refractivity contribution in [2.75, 3.05) is 45.2 Å². The Bertz CT molecular complexity index is 1320. The minimum Gasteiger partial charge on any atom is -0.493 e. The third-order valence-electron chi connectivity index (χ3n) is 9.66. The largest absolute Gasteiger partial charge is 0.493 e. The number of unbranched alkanes of at least 4 members (excludes halogenated alkanes) is 2. The predicted molar refractivity (Wildman–Crippen MR) is 167 cm³/mol. The van der Waals surface area contributed by atoms with Crippen molar-refractivity contribution in [2.45, 2.75) is 96.8 Å². The van der Waals surface area contributed by atoms with Crippen molar-refractivity contribution >= 4 is 11.8 Å². The predicted octanol–water partition coefficient (Wildman–Crippen LogP) is 7.21. The van der Waals surface area contributed by atoms with Gasteiger partial charge < -0.3 is 15.2 Å². The second-order valence-corrected chi connectivity index (χ2v) is 13.3. The number of ether oxygens (including phenoxy) is 1. The molecule has 2 aliphatic heterocycles. The molecule has 0 radical (unpaired) electrons. The number of anilines is 1. The monoisotopic (exact) mass is 636 g/mol. The summed E-state index contributed by atoms with van der Waals surface area (Å²) in [5, 5.41) is 13.7. The fourth-order valence-corrected chi connectivity index (χ4v) is 6.84. The molecule has 4 rings (SSSR count).